The highest BCUT2D eigenvalue weighted by atomic mass is 35.5. The number of halogens is 3. The molecule has 1 fully saturated rings. The van der Waals surface area contributed by atoms with Crippen molar-refractivity contribution in [1.29, 1.82) is 0 Å². The summed E-state index contributed by atoms with van der Waals surface area (Å²) in [6.45, 7) is 2.05. The Morgan fingerprint density at radius 1 is 1.37 bits per heavy atom. The average molecular weight is 322 g/mol. The maximum atomic E-state index is 11.4. The fourth-order valence-electron chi connectivity index (χ4n) is 2.51. The molecule has 1 aromatic carbocycles. The number of ether oxygens (including phenoxy) is 1. The minimum absolute atomic E-state index is 0.0317. The highest BCUT2D eigenvalue weighted by Crippen LogP contribution is 2.48. The summed E-state index contributed by atoms with van der Waals surface area (Å²) in [6.07, 6.45) is 1.74. The van der Waals surface area contributed by atoms with Crippen LogP contribution in [-0.4, -0.2) is 13.1 Å². The van der Waals surface area contributed by atoms with Gasteiger partial charge in [-0.05, 0) is 42.4 Å². The van der Waals surface area contributed by atoms with Crippen molar-refractivity contribution < 1.29 is 9.53 Å². The van der Waals surface area contributed by atoms with Gasteiger partial charge in [-0.2, -0.15) is 0 Å². The zero-order valence-electron chi connectivity index (χ0n) is 10.8. The molecule has 0 spiro atoms. The Morgan fingerprint density at radius 3 is 2.63 bits per heavy atom. The van der Waals surface area contributed by atoms with Crippen molar-refractivity contribution in [2.24, 2.45) is 11.8 Å². The van der Waals surface area contributed by atoms with E-state index in [1.54, 1.807) is 12.1 Å². The van der Waals surface area contributed by atoms with Gasteiger partial charge in [0.1, 0.15) is 0 Å². The third-order valence-electron chi connectivity index (χ3n) is 3.66. The number of hydrogen-bond donors (Lipinski definition) is 0. The molecule has 0 aliphatic heterocycles. The minimum atomic E-state index is -0.125. The molecule has 5 heteroatoms. The van der Waals surface area contributed by atoms with Crippen LogP contribution in [-0.2, 0) is 9.53 Å². The lowest BCUT2D eigenvalue weighted by Crippen LogP contribution is -2.06. The number of carbonyl (C=O) groups excluding carboxylic acids is 1. The number of esters is 1. The number of benzene rings is 1. The molecular formula is C14H15Cl3O2. The molecule has 1 aliphatic carbocycles. The van der Waals surface area contributed by atoms with E-state index < -0.39 is 0 Å². The molecule has 3 unspecified atom stereocenters. The van der Waals surface area contributed by atoms with Crippen LogP contribution in [0.4, 0.5) is 0 Å². The van der Waals surface area contributed by atoms with E-state index in [-0.39, 0.29) is 17.8 Å². The van der Waals surface area contributed by atoms with Gasteiger partial charge in [0.25, 0.3) is 0 Å². The van der Waals surface area contributed by atoms with Crippen LogP contribution in [0.25, 0.3) is 0 Å². The highest BCUT2D eigenvalue weighted by molar-refractivity contribution is 6.44. The monoisotopic (exact) mass is 320 g/mol. The van der Waals surface area contributed by atoms with Gasteiger partial charge in [-0.15, -0.1) is 0 Å². The molecule has 0 radical (unpaired) electrons. The smallest absolute Gasteiger partial charge is 0.308 e. The molecule has 19 heavy (non-hydrogen) atoms. The quantitative estimate of drug-likeness (QED) is 0.579. The molecular weight excluding hydrogens is 307 g/mol. The highest BCUT2D eigenvalue weighted by Gasteiger charge is 2.44. The Kier molecular flexibility index (Phi) is 4.65. The van der Waals surface area contributed by atoms with Crippen LogP contribution in [0.2, 0.25) is 15.1 Å². The van der Waals surface area contributed by atoms with Crippen molar-refractivity contribution in [2.45, 2.75) is 25.7 Å². The minimum Gasteiger partial charge on any atom is -0.469 e. The first-order chi connectivity index (χ1) is 8.95. The van der Waals surface area contributed by atoms with Crippen LogP contribution in [0, 0.1) is 11.8 Å². The molecule has 0 aromatic heterocycles. The molecule has 1 saturated carbocycles. The van der Waals surface area contributed by atoms with Gasteiger partial charge < -0.3 is 4.74 Å². The fraction of sp³-hybridized carbons (Fsp3) is 0.500. The predicted octanol–water partition coefficient (Wildman–Crippen LogP) is 4.95. The van der Waals surface area contributed by atoms with Crippen molar-refractivity contribution in [2.75, 3.05) is 7.11 Å². The van der Waals surface area contributed by atoms with Crippen LogP contribution in [0.1, 0.15) is 31.2 Å². The molecule has 1 aliphatic rings. The number of carbonyl (C=O) groups is 1. The third kappa shape index (κ3) is 3.18. The Morgan fingerprint density at radius 2 is 2.00 bits per heavy atom. The lowest BCUT2D eigenvalue weighted by atomic mass is 9.94. The summed E-state index contributed by atoms with van der Waals surface area (Å²) in [7, 11) is 1.42. The maximum absolute atomic E-state index is 11.4. The van der Waals surface area contributed by atoms with Gasteiger partial charge in [0.15, 0.2) is 0 Å². The maximum Gasteiger partial charge on any atom is 0.308 e. The molecule has 104 valence electrons. The summed E-state index contributed by atoms with van der Waals surface area (Å²) in [5.74, 6) is 0.427. The van der Waals surface area contributed by atoms with Crippen molar-refractivity contribution in [1.82, 2.24) is 0 Å². The van der Waals surface area contributed by atoms with E-state index in [1.165, 1.54) is 7.11 Å². The summed E-state index contributed by atoms with van der Waals surface area (Å²) in [6, 6.07) is 3.45. The van der Waals surface area contributed by atoms with E-state index in [4.69, 9.17) is 39.5 Å². The van der Waals surface area contributed by atoms with Crippen LogP contribution >= 0.6 is 34.8 Å². The topological polar surface area (TPSA) is 26.3 Å². The standard InChI is InChI=1S/C14H15Cl3O2/c1-7(5-8-6-9(8)14(18)19-2)12-10(15)3-4-11(16)13(12)17/h3-4,7-9H,5-6H2,1-2H3. The van der Waals surface area contributed by atoms with Crippen LogP contribution < -0.4 is 0 Å². The van der Waals surface area contributed by atoms with E-state index in [0.29, 0.717) is 21.0 Å². The molecule has 0 heterocycles. The zero-order chi connectivity index (χ0) is 14.2. The first kappa shape index (κ1) is 15.0. The van der Waals surface area contributed by atoms with Gasteiger partial charge in [-0.25, -0.2) is 0 Å². The van der Waals surface area contributed by atoms with Gasteiger partial charge in [0, 0.05) is 5.02 Å². The molecule has 0 bridgehead atoms. The number of rotatable bonds is 4. The lowest BCUT2D eigenvalue weighted by Gasteiger charge is -2.16. The van der Waals surface area contributed by atoms with E-state index in [2.05, 4.69) is 6.92 Å². The Hall–Kier alpha value is -0.440. The summed E-state index contributed by atoms with van der Waals surface area (Å²) in [5, 5.41) is 1.64. The second kappa shape index (κ2) is 5.90. The van der Waals surface area contributed by atoms with Crippen molar-refractivity contribution >= 4 is 40.8 Å². The van der Waals surface area contributed by atoms with Gasteiger partial charge in [0.2, 0.25) is 0 Å². The molecule has 2 nitrogen and oxygen atoms in total. The van der Waals surface area contributed by atoms with Crippen LogP contribution in [0.5, 0.6) is 0 Å². The second-order valence-electron chi connectivity index (χ2n) is 5.02. The normalized spacial score (nSPS) is 23.0. The van der Waals surface area contributed by atoms with Gasteiger partial charge in [-0.3, -0.25) is 4.79 Å². The molecule has 2 rings (SSSR count). The fourth-order valence-corrected chi connectivity index (χ4v) is 3.42. The molecule has 0 amide bonds. The summed E-state index contributed by atoms with van der Waals surface area (Å²) in [5.41, 5.74) is 0.867. The first-order valence-corrected chi connectivity index (χ1v) is 7.30. The Labute approximate surface area is 128 Å². The van der Waals surface area contributed by atoms with E-state index in [0.717, 1.165) is 18.4 Å². The van der Waals surface area contributed by atoms with Gasteiger partial charge in [-0.1, -0.05) is 41.7 Å². The predicted molar refractivity (Wildman–Crippen MR) is 78.1 cm³/mol. The van der Waals surface area contributed by atoms with E-state index in [1.807, 2.05) is 0 Å². The SMILES string of the molecule is COC(=O)C1CC1CC(C)c1c(Cl)ccc(Cl)c1Cl. The number of hydrogen-bond acceptors (Lipinski definition) is 2. The molecule has 3 atom stereocenters. The second-order valence-corrected chi connectivity index (χ2v) is 6.21. The summed E-state index contributed by atoms with van der Waals surface area (Å²) >= 11 is 18.4. The van der Waals surface area contributed by atoms with Crippen molar-refractivity contribution in [3.63, 3.8) is 0 Å². The van der Waals surface area contributed by atoms with E-state index >= 15 is 0 Å². The Balaban J connectivity index is 2.08. The molecule has 0 saturated heterocycles. The van der Waals surface area contributed by atoms with Crippen LogP contribution in [0.15, 0.2) is 12.1 Å². The lowest BCUT2D eigenvalue weighted by molar-refractivity contribution is -0.142. The zero-order valence-corrected chi connectivity index (χ0v) is 13.0. The Bertz CT molecular complexity index is 502. The van der Waals surface area contributed by atoms with Crippen molar-refractivity contribution in [3.8, 4) is 0 Å². The molecule has 1 aromatic rings. The largest absolute Gasteiger partial charge is 0.469 e. The van der Waals surface area contributed by atoms with Gasteiger partial charge >= 0.3 is 5.97 Å². The summed E-state index contributed by atoms with van der Waals surface area (Å²) in [4.78, 5) is 11.4. The first-order valence-electron chi connectivity index (χ1n) is 6.17. The number of methoxy groups -OCH3 is 1. The molecule has 0 N–H and O–H groups in total. The average Bonchev–Trinajstić information content (AvgIpc) is 3.12. The van der Waals surface area contributed by atoms with E-state index in [9.17, 15) is 4.79 Å². The van der Waals surface area contributed by atoms with Gasteiger partial charge in [0.05, 0.1) is 23.1 Å². The summed E-state index contributed by atoms with van der Waals surface area (Å²) < 4.78 is 4.75. The third-order valence-corrected chi connectivity index (χ3v) is 4.80. The van der Waals surface area contributed by atoms with Crippen LogP contribution in [0.3, 0.4) is 0 Å². The van der Waals surface area contributed by atoms with Crippen molar-refractivity contribution in [3.05, 3.63) is 32.8 Å².